The molecule has 1 aromatic heterocycles. The topological polar surface area (TPSA) is 4.93 Å². The van der Waals surface area contributed by atoms with Gasteiger partial charge in [0.05, 0.1) is 11.0 Å². The minimum Gasteiger partial charge on any atom is -0.309 e. The summed E-state index contributed by atoms with van der Waals surface area (Å²) in [7, 11) is 0. The van der Waals surface area contributed by atoms with E-state index in [1.165, 1.54) is 110 Å². The molecule has 0 aliphatic heterocycles. The number of hydrogen-bond donors (Lipinski definition) is 0. The Kier molecular flexibility index (Phi) is 8.92. The van der Waals surface area contributed by atoms with Crippen LogP contribution in [-0.2, 0) is 19.3 Å². The molecule has 294 valence electrons. The van der Waals surface area contributed by atoms with E-state index < -0.39 is 0 Å². The number of benzene rings is 10. The van der Waals surface area contributed by atoms with E-state index in [1.807, 2.05) is 0 Å². The summed E-state index contributed by atoms with van der Waals surface area (Å²) in [5, 5.41) is 7.77. The molecule has 10 aromatic carbocycles. The van der Waals surface area contributed by atoms with Crippen molar-refractivity contribution in [2.75, 3.05) is 0 Å². The van der Waals surface area contributed by atoms with Crippen LogP contribution >= 0.6 is 0 Å². The molecule has 0 fully saturated rings. The highest BCUT2D eigenvalue weighted by molar-refractivity contribution is 6.11. The maximum Gasteiger partial charge on any atom is 0.0541 e. The van der Waals surface area contributed by atoms with Crippen molar-refractivity contribution >= 4 is 43.4 Å². The van der Waals surface area contributed by atoms with Gasteiger partial charge < -0.3 is 4.57 Å². The van der Waals surface area contributed by atoms with Gasteiger partial charge in [-0.2, -0.15) is 0 Å². The number of nitrogens with zero attached hydrogens (tertiary/aromatic N) is 1. The van der Waals surface area contributed by atoms with Crippen molar-refractivity contribution in [3.63, 3.8) is 0 Å². The SMILES string of the molecule is c1ccc(-n2c3ccccc3c3cc(-c4ccc(CCC(Cc5ccc(-c6ccc7ccccc7c6)cc5)c5ccc6c(c5)-c5ccccc5C6)c5ccccc45)ccc32)cc1. The van der Waals surface area contributed by atoms with Crippen LogP contribution < -0.4 is 0 Å². The lowest BCUT2D eigenvalue weighted by atomic mass is 9.84. The average molecular weight is 792 g/mol. The smallest absolute Gasteiger partial charge is 0.0541 e. The summed E-state index contributed by atoms with van der Waals surface area (Å²) in [5.41, 5.74) is 18.6. The summed E-state index contributed by atoms with van der Waals surface area (Å²) < 4.78 is 2.39. The molecule has 1 heterocycles. The Hall–Kier alpha value is -7.48. The van der Waals surface area contributed by atoms with E-state index in [9.17, 15) is 0 Å². The number of para-hydroxylation sites is 2. The molecule has 0 spiro atoms. The highest BCUT2D eigenvalue weighted by Gasteiger charge is 2.22. The third-order valence-electron chi connectivity index (χ3n) is 13.6. The lowest BCUT2D eigenvalue weighted by Gasteiger charge is -2.20. The van der Waals surface area contributed by atoms with Crippen LogP contribution in [0.2, 0.25) is 0 Å². The molecule has 0 bridgehead atoms. The van der Waals surface area contributed by atoms with Gasteiger partial charge in [0.1, 0.15) is 0 Å². The van der Waals surface area contributed by atoms with Gasteiger partial charge in [0.15, 0.2) is 0 Å². The lowest BCUT2D eigenvalue weighted by Crippen LogP contribution is -2.06. The van der Waals surface area contributed by atoms with E-state index in [0.717, 1.165) is 25.7 Å². The number of rotatable bonds is 9. The monoisotopic (exact) mass is 791 g/mol. The normalized spacial score (nSPS) is 12.6. The van der Waals surface area contributed by atoms with E-state index in [2.05, 4.69) is 223 Å². The van der Waals surface area contributed by atoms with Crippen molar-refractivity contribution in [3.05, 3.63) is 246 Å². The van der Waals surface area contributed by atoms with Crippen LogP contribution in [0.15, 0.2) is 218 Å². The predicted octanol–water partition coefficient (Wildman–Crippen LogP) is 16.0. The number of aromatic nitrogens is 1. The summed E-state index contributed by atoms with van der Waals surface area (Å²) >= 11 is 0. The Morgan fingerprint density at radius 1 is 0.403 bits per heavy atom. The third kappa shape index (κ3) is 6.41. The summed E-state index contributed by atoms with van der Waals surface area (Å²) in [6.45, 7) is 0. The van der Waals surface area contributed by atoms with E-state index >= 15 is 0 Å². The van der Waals surface area contributed by atoms with Crippen LogP contribution in [-0.4, -0.2) is 4.57 Å². The van der Waals surface area contributed by atoms with Gasteiger partial charge in [-0.1, -0.05) is 182 Å². The maximum atomic E-state index is 2.52. The molecule has 62 heavy (non-hydrogen) atoms. The largest absolute Gasteiger partial charge is 0.309 e. The zero-order chi connectivity index (χ0) is 41.0. The molecule has 1 heteroatoms. The van der Waals surface area contributed by atoms with Crippen molar-refractivity contribution in [2.45, 2.75) is 31.6 Å². The molecular formula is C61H45N. The van der Waals surface area contributed by atoms with Gasteiger partial charge in [0.2, 0.25) is 0 Å². The molecule has 0 radical (unpaired) electrons. The van der Waals surface area contributed by atoms with E-state index in [1.54, 1.807) is 0 Å². The Morgan fingerprint density at radius 3 is 1.98 bits per heavy atom. The molecule has 1 atom stereocenters. The molecule has 1 aliphatic carbocycles. The molecule has 1 nitrogen and oxygen atoms in total. The van der Waals surface area contributed by atoms with Crippen LogP contribution in [0.4, 0.5) is 0 Å². The second-order valence-corrected chi connectivity index (χ2v) is 17.2. The number of aryl methyl sites for hydroxylation is 1. The van der Waals surface area contributed by atoms with Gasteiger partial charge in [0, 0.05) is 16.5 Å². The van der Waals surface area contributed by atoms with Crippen molar-refractivity contribution in [3.8, 4) is 39.1 Å². The maximum absolute atomic E-state index is 2.52. The highest BCUT2D eigenvalue weighted by Crippen LogP contribution is 2.41. The first-order valence-corrected chi connectivity index (χ1v) is 22.1. The predicted molar refractivity (Wildman–Crippen MR) is 263 cm³/mol. The van der Waals surface area contributed by atoms with E-state index in [4.69, 9.17) is 0 Å². The van der Waals surface area contributed by atoms with Crippen LogP contribution in [0.25, 0.3) is 82.4 Å². The second kappa shape index (κ2) is 15.2. The Morgan fingerprint density at radius 2 is 1.10 bits per heavy atom. The van der Waals surface area contributed by atoms with Gasteiger partial charge in [-0.3, -0.25) is 0 Å². The fourth-order valence-corrected chi connectivity index (χ4v) is 10.4. The summed E-state index contributed by atoms with van der Waals surface area (Å²) in [6, 6.07) is 81.5. The van der Waals surface area contributed by atoms with Crippen molar-refractivity contribution in [1.82, 2.24) is 4.57 Å². The van der Waals surface area contributed by atoms with Crippen LogP contribution in [0.3, 0.4) is 0 Å². The van der Waals surface area contributed by atoms with Crippen LogP contribution in [0.5, 0.6) is 0 Å². The summed E-state index contributed by atoms with van der Waals surface area (Å²) in [4.78, 5) is 0. The molecule has 12 rings (SSSR count). The summed E-state index contributed by atoms with van der Waals surface area (Å²) in [6.07, 6.45) is 4.07. The molecule has 1 unspecified atom stereocenters. The lowest BCUT2D eigenvalue weighted by molar-refractivity contribution is 0.622. The molecule has 0 saturated carbocycles. The van der Waals surface area contributed by atoms with Gasteiger partial charge in [0.25, 0.3) is 0 Å². The number of hydrogen-bond acceptors (Lipinski definition) is 0. The molecule has 0 amide bonds. The van der Waals surface area contributed by atoms with E-state index in [-0.39, 0.29) is 0 Å². The molecule has 0 N–H and O–H groups in total. The highest BCUT2D eigenvalue weighted by atomic mass is 15.0. The Bertz CT molecular complexity index is 3460. The van der Waals surface area contributed by atoms with Gasteiger partial charge in [-0.25, -0.2) is 0 Å². The minimum absolute atomic E-state index is 0.363. The van der Waals surface area contributed by atoms with E-state index in [0.29, 0.717) is 5.92 Å². The fraction of sp³-hybridized carbons (Fsp3) is 0.0820. The first-order valence-electron chi connectivity index (χ1n) is 22.1. The molecule has 11 aromatic rings. The quantitative estimate of drug-likeness (QED) is 0.137. The summed E-state index contributed by atoms with van der Waals surface area (Å²) in [5.74, 6) is 0.363. The van der Waals surface area contributed by atoms with Gasteiger partial charge >= 0.3 is 0 Å². The Labute approximate surface area is 363 Å². The third-order valence-corrected chi connectivity index (χ3v) is 13.6. The minimum atomic E-state index is 0.363. The second-order valence-electron chi connectivity index (χ2n) is 17.2. The van der Waals surface area contributed by atoms with Crippen LogP contribution in [0.1, 0.15) is 40.2 Å². The first-order chi connectivity index (χ1) is 30.7. The van der Waals surface area contributed by atoms with Crippen molar-refractivity contribution in [2.24, 2.45) is 0 Å². The first kappa shape index (κ1) is 36.4. The van der Waals surface area contributed by atoms with Gasteiger partial charge in [-0.05, 0) is 151 Å². The zero-order valence-corrected chi connectivity index (χ0v) is 34.6. The molecule has 0 saturated heterocycles. The van der Waals surface area contributed by atoms with Gasteiger partial charge in [-0.15, -0.1) is 0 Å². The van der Waals surface area contributed by atoms with Crippen LogP contribution in [0, 0.1) is 0 Å². The fourth-order valence-electron chi connectivity index (χ4n) is 10.4. The van der Waals surface area contributed by atoms with Crippen molar-refractivity contribution < 1.29 is 0 Å². The standard InChI is InChI=1S/C61H45N/c1-2-15-52(16-3-1)62-60-21-11-10-20-57(60)59-40-51(33-35-61(59)62)55-34-32-44(53-17-8-9-19-56(53)55)27-29-46(48-30-31-50-38-49-14-6-7-18-54(49)58(50)39-48)36-41-22-24-43(25-23-41)47-28-26-42-12-4-5-13-45(42)37-47/h1-26,28,30-35,37,39-40,46H,27,29,36,38H2. The molecular weight excluding hydrogens is 747 g/mol. The average Bonchev–Trinajstić information content (AvgIpc) is 3.88. The zero-order valence-electron chi connectivity index (χ0n) is 34.6. The van der Waals surface area contributed by atoms with Crippen molar-refractivity contribution in [1.29, 1.82) is 0 Å². The Balaban J connectivity index is 0.886. The number of fused-ring (bicyclic) bond motifs is 8. The molecule has 1 aliphatic rings.